The van der Waals surface area contributed by atoms with Gasteiger partial charge in [-0.2, -0.15) is 0 Å². The Hall–Kier alpha value is -2.34. The Morgan fingerprint density at radius 1 is 1.16 bits per heavy atom. The molecule has 1 spiro atoms. The summed E-state index contributed by atoms with van der Waals surface area (Å²) in [5.74, 6) is 1.13. The Morgan fingerprint density at radius 2 is 1.94 bits per heavy atom. The average molecular weight is 458 g/mol. The van der Waals surface area contributed by atoms with Crippen molar-refractivity contribution < 1.29 is 26.3 Å². The van der Waals surface area contributed by atoms with E-state index in [9.17, 15) is 4.79 Å². The van der Waals surface area contributed by atoms with Crippen LogP contribution in [-0.4, -0.2) is 36.7 Å². The van der Waals surface area contributed by atoms with E-state index in [4.69, 9.17) is 4.74 Å². The molecule has 2 fully saturated rings. The van der Waals surface area contributed by atoms with Crippen molar-refractivity contribution in [1.82, 2.24) is 4.90 Å². The number of fused-ring (bicyclic) bond motifs is 2. The van der Waals surface area contributed by atoms with Gasteiger partial charge in [0, 0.05) is 42.7 Å². The number of likely N-dealkylation sites (tertiary alicyclic amines) is 1. The molecule has 2 aliphatic carbocycles. The van der Waals surface area contributed by atoms with Crippen LogP contribution in [0.3, 0.4) is 0 Å². The van der Waals surface area contributed by atoms with Crippen LogP contribution in [-0.2, 0) is 31.7 Å². The number of amides is 1. The fourth-order valence-corrected chi connectivity index (χ4v) is 5.99. The monoisotopic (exact) mass is 458 g/mol. The molecule has 3 aliphatic heterocycles. The van der Waals surface area contributed by atoms with Crippen LogP contribution in [0.25, 0.3) is 0 Å². The molecule has 2 atom stereocenters. The van der Waals surface area contributed by atoms with Gasteiger partial charge in [0.05, 0.1) is 18.2 Å². The smallest absolute Gasteiger partial charge is 0.229 e. The van der Waals surface area contributed by atoms with Crippen molar-refractivity contribution in [1.29, 1.82) is 0 Å². The molecule has 4 nitrogen and oxygen atoms in total. The van der Waals surface area contributed by atoms with Crippen LogP contribution < -0.4 is 4.90 Å². The van der Waals surface area contributed by atoms with E-state index in [0.717, 1.165) is 37.4 Å². The first-order chi connectivity index (χ1) is 14.7. The van der Waals surface area contributed by atoms with Gasteiger partial charge in [0.15, 0.2) is 0 Å². The molecule has 162 valence electrons. The Balaban J connectivity index is 0.000000342. The van der Waals surface area contributed by atoms with Gasteiger partial charge in [0.25, 0.3) is 0 Å². The standard InChI is InChI=1S/C21H22N2O2.C5H5.Co/c1-3-11-22-12-10-20-14-16(25-2)13-15-8-9-19(24)23(21(15,20)22)18-7-5-4-6-17(18)20;1-2-4-5-3-1;/h3-7,13-14H,1,8-12H2,2H3;1-5H;/t20-,21-;;/m0../s1. The fraction of sp³-hybridized carbons (Fsp3) is 0.308. The summed E-state index contributed by atoms with van der Waals surface area (Å²) in [5.41, 5.74) is 2.93. The second-order valence-corrected chi connectivity index (χ2v) is 8.26. The number of methoxy groups -OCH3 is 1. The minimum absolute atomic E-state index is 0. The van der Waals surface area contributed by atoms with Gasteiger partial charge in [-0.05, 0) is 42.2 Å². The van der Waals surface area contributed by atoms with E-state index < -0.39 is 5.66 Å². The van der Waals surface area contributed by atoms with E-state index >= 15 is 0 Å². The van der Waals surface area contributed by atoms with E-state index in [2.05, 4.69) is 46.7 Å². The van der Waals surface area contributed by atoms with Gasteiger partial charge in [0.2, 0.25) is 5.91 Å². The third kappa shape index (κ3) is 2.87. The fourth-order valence-electron chi connectivity index (χ4n) is 5.99. The maximum absolute atomic E-state index is 13.1. The zero-order valence-electron chi connectivity index (χ0n) is 17.7. The minimum atomic E-state index is -0.428. The summed E-state index contributed by atoms with van der Waals surface area (Å²) < 4.78 is 5.67. The molecule has 0 N–H and O–H groups in total. The number of hydrogen-bond acceptors (Lipinski definition) is 3. The van der Waals surface area contributed by atoms with Crippen molar-refractivity contribution >= 4 is 11.6 Å². The number of rotatable bonds is 3. The van der Waals surface area contributed by atoms with Gasteiger partial charge in [0.1, 0.15) is 11.4 Å². The first-order valence-corrected chi connectivity index (χ1v) is 10.6. The first kappa shape index (κ1) is 21.9. The molecule has 2 radical (unpaired) electrons. The van der Waals surface area contributed by atoms with Crippen molar-refractivity contribution in [2.24, 2.45) is 0 Å². The van der Waals surface area contributed by atoms with Crippen molar-refractivity contribution in [2.75, 3.05) is 25.1 Å². The first-order valence-electron chi connectivity index (χ1n) is 10.6. The number of carbonyl (C=O) groups excluding carboxylic acids is 1. The number of nitrogens with zero attached hydrogens (tertiary/aromatic N) is 2. The van der Waals surface area contributed by atoms with Crippen LogP contribution in [0.4, 0.5) is 5.69 Å². The number of anilines is 1. The molecule has 0 unspecified atom stereocenters. The number of carbonyl (C=O) groups is 1. The molecule has 5 aliphatic rings. The molecule has 1 aromatic carbocycles. The zero-order chi connectivity index (χ0) is 20.8. The van der Waals surface area contributed by atoms with Crippen molar-refractivity contribution in [3.63, 3.8) is 0 Å². The Bertz CT molecular complexity index is 1010. The van der Waals surface area contributed by atoms with Crippen LogP contribution >= 0.6 is 0 Å². The summed E-state index contributed by atoms with van der Waals surface area (Å²) in [5, 5.41) is 0. The maximum Gasteiger partial charge on any atom is 0.229 e. The SMILES string of the molecule is C=CCN1CC[C@]23C=C(OC)C=C4CCC(=O)N(c5ccccc52)[C@]413.[CH]1C=CC=C1.[Co]. The number of allylic oxidation sites excluding steroid dienone is 5. The molecule has 2 saturated heterocycles. The number of para-hydroxylation sites is 1. The third-order valence-corrected chi connectivity index (χ3v) is 6.96. The molecule has 1 aromatic rings. The van der Waals surface area contributed by atoms with Gasteiger partial charge in [-0.25, -0.2) is 0 Å². The summed E-state index contributed by atoms with van der Waals surface area (Å²) in [6.07, 6.45) is 18.7. The Kier molecular flexibility index (Phi) is 5.86. The van der Waals surface area contributed by atoms with Gasteiger partial charge in [-0.15, -0.1) is 6.58 Å². The van der Waals surface area contributed by atoms with E-state index in [1.54, 1.807) is 7.11 Å². The van der Waals surface area contributed by atoms with Gasteiger partial charge >= 0.3 is 0 Å². The van der Waals surface area contributed by atoms with Crippen LogP contribution in [0.1, 0.15) is 24.8 Å². The van der Waals surface area contributed by atoms with E-state index in [1.165, 1.54) is 11.1 Å². The molecule has 0 aromatic heterocycles. The molecule has 1 amide bonds. The second-order valence-electron chi connectivity index (χ2n) is 8.26. The summed E-state index contributed by atoms with van der Waals surface area (Å²) in [4.78, 5) is 17.6. The maximum atomic E-state index is 13.1. The van der Waals surface area contributed by atoms with Gasteiger partial charge < -0.3 is 4.74 Å². The number of piperidine rings is 1. The predicted molar refractivity (Wildman–Crippen MR) is 120 cm³/mol. The zero-order valence-corrected chi connectivity index (χ0v) is 18.8. The van der Waals surface area contributed by atoms with Gasteiger partial charge in [-0.1, -0.05) is 48.6 Å². The molecule has 6 rings (SSSR count). The number of ether oxygens (including phenoxy) is 1. The summed E-state index contributed by atoms with van der Waals surface area (Å²) in [6, 6.07) is 8.39. The van der Waals surface area contributed by atoms with Crippen molar-refractivity contribution in [2.45, 2.75) is 30.3 Å². The Labute approximate surface area is 194 Å². The van der Waals surface area contributed by atoms with E-state index in [0.29, 0.717) is 6.42 Å². The molecule has 0 saturated carbocycles. The minimum Gasteiger partial charge on any atom is -0.497 e. The predicted octanol–water partition coefficient (Wildman–Crippen LogP) is 4.44. The van der Waals surface area contributed by atoms with Crippen LogP contribution in [0.5, 0.6) is 0 Å². The third-order valence-electron chi connectivity index (χ3n) is 6.96. The Morgan fingerprint density at radius 3 is 2.61 bits per heavy atom. The van der Waals surface area contributed by atoms with Crippen LogP contribution in [0.2, 0.25) is 0 Å². The molecule has 3 heterocycles. The van der Waals surface area contributed by atoms with Gasteiger partial charge in [-0.3, -0.25) is 14.6 Å². The number of hydrogen-bond donors (Lipinski definition) is 0. The average Bonchev–Trinajstić information content (AvgIpc) is 3.49. The normalized spacial score (nSPS) is 29.1. The second kappa shape index (κ2) is 8.30. The van der Waals surface area contributed by atoms with Crippen LogP contribution in [0, 0.1) is 6.42 Å². The van der Waals surface area contributed by atoms with Crippen LogP contribution in [0.15, 0.2) is 84.7 Å². The quantitative estimate of drug-likeness (QED) is 0.628. The summed E-state index contributed by atoms with van der Waals surface area (Å²) >= 11 is 0. The molecule has 31 heavy (non-hydrogen) atoms. The summed E-state index contributed by atoms with van der Waals surface area (Å²) in [6.45, 7) is 5.67. The summed E-state index contributed by atoms with van der Waals surface area (Å²) in [7, 11) is 1.73. The van der Waals surface area contributed by atoms with E-state index in [-0.39, 0.29) is 28.1 Å². The largest absolute Gasteiger partial charge is 0.497 e. The number of benzene rings is 1. The molecule has 0 bridgehead atoms. The topological polar surface area (TPSA) is 32.8 Å². The molecular formula is C26H27CoN2O2. The van der Waals surface area contributed by atoms with E-state index in [1.807, 2.05) is 42.9 Å². The molecular weight excluding hydrogens is 431 g/mol. The van der Waals surface area contributed by atoms with Crippen molar-refractivity contribution in [3.8, 4) is 0 Å². The van der Waals surface area contributed by atoms with Crippen molar-refractivity contribution in [3.05, 3.63) is 96.7 Å². The molecule has 5 heteroatoms.